The molecular formula is C15H21NO3S. The molecule has 2 N–H and O–H groups in total. The minimum atomic E-state index is -0.204. The molecular weight excluding hydrogens is 274 g/mol. The molecule has 0 aromatic heterocycles. The van der Waals surface area contributed by atoms with Gasteiger partial charge in [0.1, 0.15) is 11.8 Å². The fraction of sp³-hybridized carbons (Fsp3) is 0.533. The SMILES string of the molecule is CCOC(=O)[C@@H]1CSC(C)(CCc2ccc(O)cc2)N1. The van der Waals surface area contributed by atoms with Crippen molar-refractivity contribution in [3.8, 4) is 5.75 Å². The van der Waals surface area contributed by atoms with Crippen molar-refractivity contribution in [1.82, 2.24) is 5.32 Å². The number of esters is 1. The van der Waals surface area contributed by atoms with Crippen LogP contribution in [0.5, 0.6) is 5.75 Å². The molecule has 1 fully saturated rings. The highest BCUT2D eigenvalue weighted by Crippen LogP contribution is 2.34. The Labute approximate surface area is 123 Å². The molecule has 0 radical (unpaired) electrons. The quantitative estimate of drug-likeness (QED) is 0.816. The molecule has 1 aliphatic heterocycles. The number of rotatable bonds is 5. The van der Waals surface area contributed by atoms with Crippen LogP contribution in [-0.2, 0) is 16.0 Å². The number of phenolic OH excluding ortho intramolecular Hbond substituents is 1. The molecule has 1 aromatic carbocycles. The van der Waals surface area contributed by atoms with Crippen LogP contribution in [0.1, 0.15) is 25.8 Å². The summed E-state index contributed by atoms with van der Waals surface area (Å²) in [5.41, 5.74) is 1.19. The van der Waals surface area contributed by atoms with E-state index in [1.807, 2.05) is 19.1 Å². The van der Waals surface area contributed by atoms with Gasteiger partial charge in [-0.15, -0.1) is 11.8 Å². The number of phenols is 1. The number of thioether (sulfide) groups is 1. The predicted molar refractivity (Wildman–Crippen MR) is 80.8 cm³/mol. The van der Waals surface area contributed by atoms with Gasteiger partial charge in [0, 0.05) is 5.75 Å². The first-order valence-corrected chi connectivity index (χ1v) is 7.87. The van der Waals surface area contributed by atoms with E-state index in [2.05, 4.69) is 12.2 Å². The number of aromatic hydroxyl groups is 1. The molecule has 2 atom stereocenters. The minimum Gasteiger partial charge on any atom is -0.508 e. The number of aryl methyl sites for hydroxylation is 1. The van der Waals surface area contributed by atoms with Crippen LogP contribution in [0.2, 0.25) is 0 Å². The summed E-state index contributed by atoms with van der Waals surface area (Å²) in [6.07, 6.45) is 1.84. The molecule has 1 unspecified atom stereocenters. The summed E-state index contributed by atoms with van der Waals surface area (Å²) in [7, 11) is 0. The Morgan fingerprint density at radius 3 is 2.85 bits per heavy atom. The van der Waals surface area contributed by atoms with Gasteiger partial charge in [0.15, 0.2) is 0 Å². The second kappa shape index (κ2) is 6.50. The number of hydrogen-bond donors (Lipinski definition) is 2. The van der Waals surface area contributed by atoms with Crippen LogP contribution < -0.4 is 5.32 Å². The summed E-state index contributed by atoms with van der Waals surface area (Å²) in [5, 5.41) is 12.6. The number of ether oxygens (including phenoxy) is 1. The van der Waals surface area contributed by atoms with Gasteiger partial charge >= 0.3 is 5.97 Å². The van der Waals surface area contributed by atoms with E-state index in [-0.39, 0.29) is 22.6 Å². The van der Waals surface area contributed by atoms with Crippen molar-refractivity contribution in [3.05, 3.63) is 29.8 Å². The van der Waals surface area contributed by atoms with Crippen LogP contribution in [0.4, 0.5) is 0 Å². The van der Waals surface area contributed by atoms with Crippen LogP contribution in [-0.4, -0.2) is 34.3 Å². The van der Waals surface area contributed by atoms with Gasteiger partial charge in [-0.1, -0.05) is 12.1 Å². The van der Waals surface area contributed by atoms with Crippen molar-refractivity contribution >= 4 is 17.7 Å². The zero-order chi connectivity index (χ0) is 14.6. The normalized spacial score (nSPS) is 25.6. The molecule has 2 rings (SSSR count). The van der Waals surface area contributed by atoms with E-state index in [0.717, 1.165) is 18.6 Å². The predicted octanol–water partition coefficient (Wildman–Crippen LogP) is 2.31. The molecule has 1 saturated heterocycles. The van der Waals surface area contributed by atoms with Gasteiger partial charge in [0.2, 0.25) is 0 Å². The van der Waals surface area contributed by atoms with E-state index in [1.54, 1.807) is 23.9 Å². The van der Waals surface area contributed by atoms with Gasteiger partial charge < -0.3 is 9.84 Å². The molecule has 1 aromatic rings. The molecule has 1 heterocycles. The molecule has 0 saturated carbocycles. The molecule has 4 nitrogen and oxygen atoms in total. The van der Waals surface area contributed by atoms with Crippen molar-refractivity contribution in [2.24, 2.45) is 0 Å². The van der Waals surface area contributed by atoms with E-state index in [9.17, 15) is 9.90 Å². The number of carbonyl (C=O) groups excluding carboxylic acids is 1. The number of benzene rings is 1. The largest absolute Gasteiger partial charge is 0.508 e. The summed E-state index contributed by atoms with van der Waals surface area (Å²) < 4.78 is 5.05. The Morgan fingerprint density at radius 1 is 1.50 bits per heavy atom. The van der Waals surface area contributed by atoms with Crippen molar-refractivity contribution < 1.29 is 14.6 Å². The lowest BCUT2D eigenvalue weighted by Crippen LogP contribution is -2.44. The number of hydrogen-bond acceptors (Lipinski definition) is 5. The minimum absolute atomic E-state index is 0.102. The Morgan fingerprint density at radius 2 is 2.20 bits per heavy atom. The van der Waals surface area contributed by atoms with E-state index in [1.165, 1.54) is 5.56 Å². The second-order valence-electron chi connectivity index (χ2n) is 5.16. The number of carbonyl (C=O) groups is 1. The fourth-order valence-corrected chi connectivity index (χ4v) is 3.50. The van der Waals surface area contributed by atoms with Crippen LogP contribution in [0.25, 0.3) is 0 Å². The van der Waals surface area contributed by atoms with Gasteiger partial charge in [-0.3, -0.25) is 10.1 Å². The van der Waals surface area contributed by atoms with Crippen LogP contribution >= 0.6 is 11.8 Å². The van der Waals surface area contributed by atoms with E-state index >= 15 is 0 Å². The standard InChI is InChI=1S/C15H21NO3S/c1-3-19-14(18)13-10-20-15(2,16-13)9-8-11-4-6-12(17)7-5-11/h4-7,13,16-17H,3,8-10H2,1-2H3/t13-,15?/m0/s1. The Bertz CT molecular complexity index is 463. The summed E-state index contributed by atoms with van der Waals surface area (Å²) in [6, 6.07) is 7.06. The molecule has 110 valence electrons. The third kappa shape index (κ3) is 3.90. The maximum atomic E-state index is 11.7. The lowest BCUT2D eigenvalue weighted by molar-refractivity contribution is -0.145. The van der Waals surface area contributed by atoms with Crippen LogP contribution in [0, 0.1) is 0 Å². The summed E-state index contributed by atoms with van der Waals surface area (Å²) in [6.45, 7) is 4.37. The summed E-state index contributed by atoms with van der Waals surface area (Å²) in [5.74, 6) is 0.884. The van der Waals surface area contributed by atoms with Gasteiger partial charge in [0.25, 0.3) is 0 Å². The molecule has 20 heavy (non-hydrogen) atoms. The average Bonchev–Trinajstić information content (AvgIpc) is 2.82. The first-order chi connectivity index (χ1) is 9.52. The van der Waals surface area contributed by atoms with Crippen molar-refractivity contribution in [1.29, 1.82) is 0 Å². The molecule has 0 spiro atoms. The molecule has 5 heteroatoms. The first kappa shape index (κ1) is 15.2. The molecule has 0 bridgehead atoms. The molecule has 0 aliphatic carbocycles. The Balaban J connectivity index is 1.86. The van der Waals surface area contributed by atoms with E-state index < -0.39 is 0 Å². The second-order valence-corrected chi connectivity index (χ2v) is 6.68. The summed E-state index contributed by atoms with van der Waals surface area (Å²) >= 11 is 1.77. The fourth-order valence-electron chi connectivity index (χ4n) is 2.28. The van der Waals surface area contributed by atoms with Crippen molar-refractivity contribution in [3.63, 3.8) is 0 Å². The Kier molecular flexibility index (Phi) is 4.94. The topological polar surface area (TPSA) is 58.6 Å². The lowest BCUT2D eigenvalue weighted by Gasteiger charge is -2.24. The highest BCUT2D eigenvalue weighted by molar-refractivity contribution is 8.00. The van der Waals surface area contributed by atoms with Gasteiger partial charge in [-0.2, -0.15) is 0 Å². The monoisotopic (exact) mass is 295 g/mol. The zero-order valence-electron chi connectivity index (χ0n) is 11.9. The van der Waals surface area contributed by atoms with Gasteiger partial charge in [-0.25, -0.2) is 0 Å². The third-order valence-corrected chi connectivity index (χ3v) is 4.91. The zero-order valence-corrected chi connectivity index (χ0v) is 12.7. The number of nitrogens with one attached hydrogen (secondary N) is 1. The van der Waals surface area contributed by atoms with Crippen molar-refractivity contribution in [2.75, 3.05) is 12.4 Å². The van der Waals surface area contributed by atoms with Gasteiger partial charge in [-0.05, 0) is 44.4 Å². The molecule has 1 aliphatic rings. The molecule has 0 amide bonds. The highest BCUT2D eigenvalue weighted by atomic mass is 32.2. The van der Waals surface area contributed by atoms with Crippen LogP contribution in [0.15, 0.2) is 24.3 Å². The maximum absolute atomic E-state index is 11.7. The van der Waals surface area contributed by atoms with E-state index in [4.69, 9.17) is 4.74 Å². The van der Waals surface area contributed by atoms with Crippen molar-refractivity contribution in [2.45, 2.75) is 37.6 Å². The Hall–Kier alpha value is -1.20. The smallest absolute Gasteiger partial charge is 0.324 e. The average molecular weight is 295 g/mol. The van der Waals surface area contributed by atoms with Crippen LogP contribution in [0.3, 0.4) is 0 Å². The first-order valence-electron chi connectivity index (χ1n) is 6.88. The summed E-state index contributed by atoms with van der Waals surface area (Å²) in [4.78, 5) is 11.6. The lowest BCUT2D eigenvalue weighted by atomic mass is 10.1. The van der Waals surface area contributed by atoms with Gasteiger partial charge in [0.05, 0.1) is 11.5 Å². The van der Waals surface area contributed by atoms with E-state index in [0.29, 0.717) is 6.61 Å². The maximum Gasteiger partial charge on any atom is 0.324 e. The third-order valence-electron chi connectivity index (χ3n) is 3.45. The highest BCUT2D eigenvalue weighted by Gasteiger charge is 2.38.